The van der Waals surface area contributed by atoms with Crippen molar-refractivity contribution < 1.29 is 0 Å². The Morgan fingerprint density at radius 2 is 2.22 bits per heavy atom. The molecule has 0 amide bonds. The molecule has 1 rings (SSSR count). The van der Waals surface area contributed by atoms with Crippen molar-refractivity contribution >= 4 is 0 Å². The maximum absolute atomic E-state index is 3.87. The Hall–Kier alpha value is -0.780. The molecule has 9 heavy (non-hydrogen) atoms. The van der Waals surface area contributed by atoms with Crippen molar-refractivity contribution in [1.29, 1.82) is 0 Å². The first-order chi connectivity index (χ1) is 4.20. The summed E-state index contributed by atoms with van der Waals surface area (Å²) in [5, 5.41) is 0. The SMILES string of the molecule is C=C(C)C1=CC=C(C)C1. The average Bonchev–Trinajstić information content (AvgIpc) is 2.14. The first-order valence-electron chi connectivity index (χ1n) is 3.22. The van der Waals surface area contributed by atoms with E-state index in [1.165, 1.54) is 16.7 Å². The van der Waals surface area contributed by atoms with Gasteiger partial charge in [0.05, 0.1) is 0 Å². The van der Waals surface area contributed by atoms with E-state index in [0.29, 0.717) is 0 Å². The van der Waals surface area contributed by atoms with Gasteiger partial charge in [-0.1, -0.05) is 29.9 Å². The van der Waals surface area contributed by atoms with Crippen molar-refractivity contribution in [3.63, 3.8) is 0 Å². The zero-order valence-corrected chi connectivity index (χ0v) is 6.07. The van der Waals surface area contributed by atoms with Crippen LogP contribution in [0.15, 0.2) is 35.5 Å². The summed E-state index contributed by atoms with van der Waals surface area (Å²) < 4.78 is 0. The molecule has 0 heterocycles. The van der Waals surface area contributed by atoms with E-state index in [-0.39, 0.29) is 0 Å². The van der Waals surface area contributed by atoms with Crippen molar-refractivity contribution in [2.75, 3.05) is 0 Å². The van der Waals surface area contributed by atoms with Crippen LogP contribution in [0.3, 0.4) is 0 Å². The summed E-state index contributed by atoms with van der Waals surface area (Å²) in [4.78, 5) is 0. The summed E-state index contributed by atoms with van der Waals surface area (Å²) in [7, 11) is 0. The van der Waals surface area contributed by atoms with Crippen LogP contribution in [0.5, 0.6) is 0 Å². The van der Waals surface area contributed by atoms with E-state index < -0.39 is 0 Å². The molecule has 1 aliphatic rings. The van der Waals surface area contributed by atoms with E-state index in [4.69, 9.17) is 0 Å². The van der Waals surface area contributed by atoms with Crippen LogP contribution in [0.4, 0.5) is 0 Å². The predicted molar refractivity (Wildman–Crippen MR) is 41.3 cm³/mol. The summed E-state index contributed by atoms with van der Waals surface area (Å²) in [6, 6.07) is 0. The van der Waals surface area contributed by atoms with Gasteiger partial charge < -0.3 is 0 Å². The van der Waals surface area contributed by atoms with E-state index in [1.54, 1.807) is 0 Å². The summed E-state index contributed by atoms with van der Waals surface area (Å²) >= 11 is 0. The van der Waals surface area contributed by atoms with Gasteiger partial charge >= 0.3 is 0 Å². The molecule has 0 fully saturated rings. The summed E-state index contributed by atoms with van der Waals surface area (Å²) in [6.07, 6.45) is 5.41. The van der Waals surface area contributed by atoms with Crippen molar-refractivity contribution in [2.24, 2.45) is 0 Å². The Balaban J connectivity index is 2.64. The quantitative estimate of drug-likeness (QED) is 0.499. The fraction of sp³-hybridized carbons (Fsp3) is 0.333. The van der Waals surface area contributed by atoms with Crippen LogP contribution < -0.4 is 0 Å². The number of hydrogen-bond acceptors (Lipinski definition) is 0. The van der Waals surface area contributed by atoms with E-state index in [9.17, 15) is 0 Å². The molecule has 0 atom stereocenters. The summed E-state index contributed by atoms with van der Waals surface area (Å²) in [6.45, 7) is 8.07. The van der Waals surface area contributed by atoms with Crippen LogP contribution in [-0.4, -0.2) is 0 Å². The molecular formula is C9H12. The van der Waals surface area contributed by atoms with Crippen molar-refractivity contribution in [2.45, 2.75) is 20.3 Å². The Kier molecular flexibility index (Phi) is 1.56. The number of rotatable bonds is 1. The monoisotopic (exact) mass is 120 g/mol. The minimum Gasteiger partial charge on any atom is -0.0958 e. The number of allylic oxidation sites excluding steroid dienone is 5. The molecule has 0 heteroatoms. The molecule has 0 aromatic rings. The molecule has 0 nitrogen and oxygen atoms in total. The fourth-order valence-corrected chi connectivity index (χ4v) is 0.954. The lowest BCUT2D eigenvalue weighted by atomic mass is 10.1. The smallest absolute Gasteiger partial charge is 0.00643 e. The maximum Gasteiger partial charge on any atom is -0.00643 e. The Morgan fingerprint density at radius 1 is 1.56 bits per heavy atom. The molecule has 0 unspecified atom stereocenters. The lowest BCUT2D eigenvalue weighted by molar-refractivity contribution is 1.16. The van der Waals surface area contributed by atoms with Gasteiger partial charge in [0, 0.05) is 0 Å². The standard InChI is InChI=1S/C9H12/c1-7(2)9-5-4-8(3)6-9/h4-5H,1,6H2,2-3H3. The summed E-state index contributed by atoms with van der Waals surface area (Å²) in [5.41, 5.74) is 4.02. The van der Waals surface area contributed by atoms with Crippen LogP contribution >= 0.6 is 0 Å². The lowest BCUT2D eigenvalue weighted by Crippen LogP contribution is -1.78. The van der Waals surface area contributed by atoms with Gasteiger partial charge in [-0.3, -0.25) is 0 Å². The van der Waals surface area contributed by atoms with Gasteiger partial charge in [0.1, 0.15) is 0 Å². The van der Waals surface area contributed by atoms with Crippen LogP contribution in [0, 0.1) is 0 Å². The van der Waals surface area contributed by atoms with Gasteiger partial charge in [0.25, 0.3) is 0 Å². The first kappa shape index (κ1) is 6.34. The van der Waals surface area contributed by atoms with Crippen LogP contribution in [0.2, 0.25) is 0 Å². The molecule has 0 N–H and O–H groups in total. The molecule has 0 radical (unpaired) electrons. The second kappa shape index (κ2) is 2.22. The molecule has 1 aliphatic carbocycles. The second-order valence-electron chi connectivity index (χ2n) is 2.66. The highest BCUT2D eigenvalue weighted by molar-refractivity contribution is 5.39. The minimum absolute atomic E-state index is 1.11. The molecule has 0 aromatic heterocycles. The first-order valence-corrected chi connectivity index (χ1v) is 3.22. The third kappa shape index (κ3) is 1.32. The highest BCUT2D eigenvalue weighted by atomic mass is 14.1. The molecule has 48 valence electrons. The molecule has 0 spiro atoms. The van der Waals surface area contributed by atoms with Crippen molar-refractivity contribution in [1.82, 2.24) is 0 Å². The minimum atomic E-state index is 1.11. The van der Waals surface area contributed by atoms with Gasteiger partial charge in [-0.2, -0.15) is 0 Å². The zero-order valence-electron chi connectivity index (χ0n) is 6.07. The van der Waals surface area contributed by atoms with Gasteiger partial charge in [-0.25, -0.2) is 0 Å². The number of hydrogen-bond donors (Lipinski definition) is 0. The van der Waals surface area contributed by atoms with Crippen LogP contribution in [0.1, 0.15) is 20.3 Å². The third-order valence-electron chi connectivity index (χ3n) is 1.59. The Morgan fingerprint density at radius 3 is 2.44 bits per heavy atom. The van der Waals surface area contributed by atoms with E-state index in [2.05, 4.69) is 32.6 Å². The Bertz CT molecular complexity index is 192. The summed E-state index contributed by atoms with van der Waals surface area (Å²) in [5.74, 6) is 0. The van der Waals surface area contributed by atoms with Crippen LogP contribution in [0.25, 0.3) is 0 Å². The molecular weight excluding hydrogens is 108 g/mol. The molecule has 0 saturated heterocycles. The normalized spacial score (nSPS) is 17.1. The second-order valence-corrected chi connectivity index (χ2v) is 2.66. The highest BCUT2D eigenvalue weighted by Crippen LogP contribution is 2.22. The maximum atomic E-state index is 3.87. The molecule has 0 saturated carbocycles. The molecule has 0 bridgehead atoms. The molecule has 0 aromatic carbocycles. The highest BCUT2D eigenvalue weighted by Gasteiger charge is 2.03. The van der Waals surface area contributed by atoms with Gasteiger partial charge in [-0.15, -0.1) is 0 Å². The van der Waals surface area contributed by atoms with Gasteiger partial charge in [0.2, 0.25) is 0 Å². The average molecular weight is 120 g/mol. The largest absolute Gasteiger partial charge is 0.0958 e. The topological polar surface area (TPSA) is 0 Å². The molecule has 0 aliphatic heterocycles. The van der Waals surface area contributed by atoms with E-state index >= 15 is 0 Å². The van der Waals surface area contributed by atoms with Crippen molar-refractivity contribution in [3.05, 3.63) is 35.5 Å². The van der Waals surface area contributed by atoms with Gasteiger partial charge in [-0.05, 0) is 25.8 Å². The lowest BCUT2D eigenvalue weighted by Gasteiger charge is -1.98. The predicted octanol–water partition coefficient (Wildman–Crippen LogP) is 2.84. The van der Waals surface area contributed by atoms with E-state index in [0.717, 1.165) is 6.42 Å². The third-order valence-corrected chi connectivity index (χ3v) is 1.59. The Labute approximate surface area is 56.6 Å². The fourth-order valence-electron chi connectivity index (χ4n) is 0.954. The zero-order chi connectivity index (χ0) is 6.85. The van der Waals surface area contributed by atoms with E-state index in [1.807, 2.05) is 0 Å². The van der Waals surface area contributed by atoms with Gasteiger partial charge in [0.15, 0.2) is 0 Å². The van der Waals surface area contributed by atoms with Crippen molar-refractivity contribution in [3.8, 4) is 0 Å². The van der Waals surface area contributed by atoms with Crippen LogP contribution in [-0.2, 0) is 0 Å².